The number of benzene rings is 1. The molecule has 0 unspecified atom stereocenters. The second-order valence-electron chi connectivity index (χ2n) is 2.70. The van der Waals surface area contributed by atoms with E-state index in [1.807, 2.05) is 0 Å². The van der Waals surface area contributed by atoms with Crippen molar-refractivity contribution in [2.24, 2.45) is 11.5 Å². The van der Waals surface area contributed by atoms with Gasteiger partial charge < -0.3 is 16.2 Å². The van der Waals surface area contributed by atoms with Gasteiger partial charge in [-0.05, 0) is 12.1 Å². The van der Waals surface area contributed by atoms with Crippen molar-refractivity contribution in [3.8, 4) is 5.75 Å². The normalized spacial score (nSPS) is 11.7. The first-order valence-corrected chi connectivity index (χ1v) is 3.98. The minimum atomic E-state index is -0.517. The molecule has 4 N–H and O–H groups in total. The lowest BCUT2D eigenvalue weighted by molar-refractivity contribution is 0.399. The zero-order valence-corrected chi connectivity index (χ0v) is 8.68. The van der Waals surface area contributed by atoms with E-state index in [0.29, 0.717) is 11.3 Å². The summed E-state index contributed by atoms with van der Waals surface area (Å²) >= 11 is 0. The van der Waals surface area contributed by atoms with Crippen molar-refractivity contribution >= 4 is 12.4 Å². The molecule has 0 radical (unpaired) electrons. The minimum Gasteiger partial charge on any atom is -0.496 e. The highest BCUT2D eigenvalue weighted by Gasteiger charge is 2.14. The predicted octanol–water partition coefficient (Wildman–Crippen LogP) is 1.21. The summed E-state index contributed by atoms with van der Waals surface area (Å²) in [5.74, 6) is 0.0650. The smallest absolute Gasteiger partial charge is 0.131 e. The fourth-order valence-corrected chi connectivity index (χ4v) is 1.17. The Balaban J connectivity index is 0.00000169. The Bertz CT molecular complexity index is 296. The molecule has 1 atom stereocenters. The number of hydrogen-bond donors (Lipinski definition) is 2. The third-order valence-corrected chi connectivity index (χ3v) is 1.86. The van der Waals surface area contributed by atoms with Gasteiger partial charge in [0.1, 0.15) is 11.6 Å². The second-order valence-corrected chi connectivity index (χ2v) is 2.70. The lowest BCUT2D eigenvalue weighted by atomic mass is 10.1. The van der Waals surface area contributed by atoms with E-state index in [4.69, 9.17) is 16.2 Å². The van der Waals surface area contributed by atoms with Gasteiger partial charge in [0, 0.05) is 18.2 Å². The summed E-state index contributed by atoms with van der Waals surface area (Å²) in [7, 11) is 1.47. The van der Waals surface area contributed by atoms with E-state index in [1.54, 1.807) is 12.1 Å². The molecule has 0 bridgehead atoms. The third kappa shape index (κ3) is 2.57. The number of hydrogen-bond acceptors (Lipinski definition) is 3. The molecular weight excluding hydrogens is 207 g/mol. The molecule has 14 heavy (non-hydrogen) atoms. The lowest BCUT2D eigenvalue weighted by Gasteiger charge is -2.14. The first kappa shape index (κ1) is 13.2. The molecular formula is C9H14ClFN2O. The van der Waals surface area contributed by atoms with E-state index < -0.39 is 6.04 Å². The molecule has 0 aliphatic carbocycles. The van der Waals surface area contributed by atoms with Crippen molar-refractivity contribution in [3.63, 3.8) is 0 Å². The highest BCUT2D eigenvalue weighted by molar-refractivity contribution is 5.85. The summed E-state index contributed by atoms with van der Waals surface area (Å²) in [5.41, 5.74) is 11.3. The summed E-state index contributed by atoms with van der Waals surface area (Å²) in [6.45, 7) is 0.192. The van der Waals surface area contributed by atoms with Crippen molar-refractivity contribution in [2.45, 2.75) is 6.04 Å². The Morgan fingerprint density at radius 2 is 2.14 bits per heavy atom. The van der Waals surface area contributed by atoms with Crippen molar-refractivity contribution in [1.82, 2.24) is 0 Å². The topological polar surface area (TPSA) is 61.3 Å². The largest absolute Gasteiger partial charge is 0.496 e. The molecule has 0 saturated carbocycles. The molecule has 0 aliphatic rings. The van der Waals surface area contributed by atoms with E-state index >= 15 is 0 Å². The van der Waals surface area contributed by atoms with Gasteiger partial charge in [0.15, 0.2) is 0 Å². The Labute approximate surface area is 88.6 Å². The van der Waals surface area contributed by atoms with Gasteiger partial charge in [0.25, 0.3) is 0 Å². The van der Waals surface area contributed by atoms with E-state index in [2.05, 4.69) is 0 Å². The van der Waals surface area contributed by atoms with Gasteiger partial charge in [-0.1, -0.05) is 6.07 Å². The van der Waals surface area contributed by atoms with Crippen LogP contribution in [0.5, 0.6) is 5.75 Å². The monoisotopic (exact) mass is 220 g/mol. The van der Waals surface area contributed by atoms with Crippen LogP contribution in [0.4, 0.5) is 4.39 Å². The van der Waals surface area contributed by atoms with Gasteiger partial charge in [-0.25, -0.2) is 4.39 Å². The minimum absolute atomic E-state index is 0. The van der Waals surface area contributed by atoms with Crippen LogP contribution in [0.1, 0.15) is 11.6 Å². The standard InChI is InChI=1S/C9H13FN2O.ClH/c1-13-8-4-2-3-6(10)9(8)7(12)5-11;/h2-4,7H,5,11-12H2,1H3;1H/t7-;/m0./s1. The van der Waals surface area contributed by atoms with Crippen molar-refractivity contribution in [3.05, 3.63) is 29.6 Å². The second kappa shape index (κ2) is 5.80. The Hall–Kier alpha value is -0.840. The summed E-state index contributed by atoms with van der Waals surface area (Å²) in [6.07, 6.45) is 0. The highest BCUT2D eigenvalue weighted by atomic mass is 35.5. The molecule has 1 aromatic rings. The van der Waals surface area contributed by atoms with Gasteiger partial charge in [-0.3, -0.25) is 0 Å². The first-order chi connectivity index (χ1) is 6.20. The maximum absolute atomic E-state index is 13.3. The SMILES string of the molecule is COc1cccc(F)c1[C@@H](N)CN.Cl. The van der Waals surface area contributed by atoms with Gasteiger partial charge in [0.2, 0.25) is 0 Å². The summed E-state index contributed by atoms with van der Waals surface area (Å²) < 4.78 is 18.2. The molecule has 3 nitrogen and oxygen atoms in total. The number of ether oxygens (including phenoxy) is 1. The van der Waals surface area contributed by atoms with Crippen LogP contribution in [0.2, 0.25) is 0 Å². The average Bonchev–Trinajstić information content (AvgIpc) is 2.16. The molecule has 0 amide bonds. The van der Waals surface area contributed by atoms with E-state index in [9.17, 15) is 4.39 Å². The van der Waals surface area contributed by atoms with Crippen LogP contribution in [0.15, 0.2) is 18.2 Å². The fourth-order valence-electron chi connectivity index (χ4n) is 1.17. The van der Waals surface area contributed by atoms with Crippen molar-refractivity contribution < 1.29 is 9.13 Å². The van der Waals surface area contributed by atoms with Crippen LogP contribution in [0.25, 0.3) is 0 Å². The molecule has 0 spiro atoms. The van der Waals surface area contributed by atoms with Crippen LogP contribution >= 0.6 is 12.4 Å². The third-order valence-electron chi connectivity index (χ3n) is 1.86. The molecule has 0 saturated heterocycles. The van der Waals surface area contributed by atoms with Crippen LogP contribution < -0.4 is 16.2 Å². The zero-order chi connectivity index (χ0) is 9.84. The Morgan fingerprint density at radius 1 is 1.50 bits per heavy atom. The molecule has 0 aliphatic heterocycles. The molecule has 5 heteroatoms. The van der Waals surface area contributed by atoms with Crippen LogP contribution in [0, 0.1) is 5.82 Å². The Morgan fingerprint density at radius 3 is 2.64 bits per heavy atom. The molecule has 80 valence electrons. The molecule has 0 aromatic heterocycles. The highest BCUT2D eigenvalue weighted by Crippen LogP contribution is 2.25. The van der Waals surface area contributed by atoms with Crippen LogP contribution in [-0.4, -0.2) is 13.7 Å². The number of halogens is 2. The van der Waals surface area contributed by atoms with E-state index in [0.717, 1.165) is 0 Å². The van der Waals surface area contributed by atoms with Gasteiger partial charge in [-0.2, -0.15) is 0 Å². The quantitative estimate of drug-likeness (QED) is 0.805. The number of rotatable bonds is 3. The maximum atomic E-state index is 13.3. The summed E-state index contributed by atoms with van der Waals surface area (Å²) in [6, 6.07) is 4.05. The summed E-state index contributed by atoms with van der Waals surface area (Å²) in [5, 5.41) is 0. The molecule has 0 fully saturated rings. The number of nitrogens with two attached hydrogens (primary N) is 2. The van der Waals surface area contributed by atoms with E-state index in [1.165, 1.54) is 13.2 Å². The van der Waals surface area contributed by atoms with Gasteiger partial charge >= 0.3 is 0 Å². The molecule has 1 rings (SSSR count). The summed E-state index contributed by atoms with van der Waals surface area (Å²) in [4.78, 5) is 0. The van der Waals surface area contributed by atoms with E-state index in [-0.39, 0.29) is 24.8 Å². The van der Waals surface area contributed by atoms with Gasteiger partial charge in [-0.15, -0.1) is 12.4 Å². The van der Waals surface area contributed by atoms with Crippen molar-refractivity contribution in [1.29, 1.82) is 0 Å². The van der Waals surface area contributed by atoms with Crippen molar-refractivity contribution in [2.75, 3.05) is 13.7 Å². The first-order valence-electron chi connectivity index (χ1n) is 3.98. The van der Waals surface area contributed by atoms with Gasteiger partial charge in [0.05, 0.1) is 7.11 Å². The molecule has 1 aromatic carbocycles. The predicted molar refractivity (Wildman–Crippen MR) is 56.2 cm³/mol. The molecule has 0 heterocycles. The Kier molecular flexibility index (Phi) is 5.45. The average molecular weight is 221 g/mol. The maximum Gasteiger partial charge on any atom is 0.131 e. The number of methoxy groups -OCH3 is 1. The van der Waals surface area contributed by atoms with Crippen LogP contribution in [0.3, 0.4) is 0 Å². The van der Waals surface area contributed by atoms with Crippen LogP contribution in [-0.2, 0) is 0 Å². The fraction of sp³-hybridized carbons (Fsp3) is 0.333. The zero-order valence-electron chi connectivity index (χ0n) is 7.87. The lowest BCUT2D eigenvalue weighted by Crippen LogP contribution is -2.22.